The molecule has 1 fully saturated rings. The molecule has 0 bridgehead atoms. The second-order valence-electron chi connectivity index (χ2n) is 6.65. The third-order valence-corrected chi connectivity index (χ3v) is 4.69. The molecular weight excluding hydrogens is 254 g/mol. The number of aromatic nitrogens is 2. The maximum Gasteiger partial charge on any atom is 0.122 e. The highest BCUT2D eigenvalue weighted by Gasteiger charge is 2.43. The van der Waals surface area contributed by atoms with Crippen LogP contribution in [0, 0.1) is 5.41 Å². The Hall–Kier alpha value is -0.910. The summed E-state index contributed by atoms with van der Waals surface area (Å²) in [7, 11) is 1.71. The maximum absolute atomic E-state index is 10.5. The van der Waals surface area contributed by atoms with Crippen molar-refractivity contribution >= 4 is 0 Å². The molecule has 1 aromatic heterocycles. The summed E-state index contributed by atoms with van der Waals surface area (Å²) in [6.45, 7) is 10.4. The van der Waals surface area contributed by atoms with E-state index in [1.807, 2.05) is 19.3 Å². The molecule has 20 heavy (non-hydrogen) atoms. The van der Waals surface area contributed by atoms with Gasteiger partial charge in [-0.3, -0.25) is 4.90 Å². The zero-order valence-corrected chi connectivity index (χ0v) is 13.1. The quantitative estimate of drug-likeness (QED) is 0.889. The number of piperidine rings is 1. The van der Waals surface area contributed by atoms with Gasteiger partial charge >= 0.3 is 0 Å². The van der Waals surface area contributed by atoms with Gasteiger partial charge in [-0.05, 0) is 13.3 Å². The van der Waals surface area contributed by atoms with Crippen LogP contribution in [0.2, 0.25) is 0 Å². The Balaban J connectivity index is 1.99. The molecule has 1 atom stereocenters. The highest BCUT2D eigenvalue weighted by Crippen LogP contribution is 2.38. The lowest BCUT2D eigenvalue weighted by atomic mass is 9.71. The third-order valence-electron chi connectivity index (χ3n) is 4.69. The van der Waals surface area contributed by atoms with Gasteiger partial charge < -0.3 is 14.4 Å². The molecule has 1 saturated heterocycles. The van der Waals surface area contributed by atoms with Crippen molar-refractivity contribution in [3.63, 3.8) is 0 Å². The molecule has 1 N–H and O–H groups in total. The lowest BCUT2D eigenvalue weighted by Gasteiger charge is -2.48. The number of rotatable bonds is 5. The molecule has 1 aliphatic rings. The molecule has 0 saturated carbocycles. The van der Waals surface area contributed by atoms with E-state index >= 15 is 0 Å². The van der Waals surface area contributed by atoms with Crippen LogP contribution in [-0.4, -0.2) is 52.0 Å². The smallest absolute Gasteiger partial charge is 0.122 e. The summed E-state index contributed by atoms with van der Waals surface area (Å²) < 4.78 is 7.27. The standard InChI is InChI=1S/C15H27N3O2/c1-14(2)12-17(7-5-15(14,3)19)11-13-16-6-8-18(13)9-10-20-4/h6,8,19H,5,7,9-12H2,1-4H3/t15-/m0/s1. The number of methoxy groups -OCH3 is 1. The number of aliphatic hydroxyl groups is 1. The minimum absolute atomic E-state index is 0.102. The molecule has 0 aromatic carbocycles. The van der Waals surface area contributed by atoms with Gasteiger partial charge in [-0.15, -0.1) is 0 Å². The average Bonchev–Trinajstić information content (AvgIpc) is 2.79. The van der Waals surface area contributed by atoms with E-state index in [0.717, 1.165) is 38.4 Å². The van der Waals surface area contributed by atoms with E-state index in [2.05, 4.69) is 28.3 Å². The summed E-state index contributed by atoms with van der Waals surface area (Å²) in [6.07, 6.45) is 4.65. The summed E-state index contributed by atoms with van der Waals surface area (Å²) in [5.74, 6) is 1.07. The van der Waals surface area contributed by atoms with Crippen molar-refractivity contribution in [1.29, 1.82) is 0 Å². The van der Waals surface area contributed by atoms with Gasteiger partial charge in [0.15, 0.2) is 0 Å². The van der Waals surface area contributed by atoms with E-state index in [4.69, 9.17) is 4.74 Å². The molecule has 2 heterocycles. The molecule has 114 valence electrons. The van der Waals surface area contributed by atoms with Gasteiger partial charge in [-0.2, -0.15) is 0 Å². The summed E-state index contributed by atoms with van der Waals surface area (Å²) >= 11 is 0. The largest absolute Gasteiger partial charge is 0.390 e. The van der Waals surface area contributed by atoms with Crippen LogP contribution in [0.1, 0.15) is 33.0 Å². The first-order valence-electron chi connectivity index (χ1n) is 7.29. The Kier molecular flexibility index (Phi) is 4.52. The van der Waals surface area contributed by atoms with Gasteiger partial charge in [0.1, 0.15) is 5.82 Å². The number of hydrogen-bond acceptors (Lipinski definition) is 4. The van der Waals surface area contributed by atoms with Crippen molar-refractivity contribution in [2.45, 2.75) is 45.9 Å². The van der Waals surface area contributed by atoms with Crippen molar-refractivity contribution in [2.24, 2.45) is 5.41 Å². The minimum atomic E-state index is -0.588. The fourth-order valence-electron chi connectivity index (χ4n) is 2.74. The number of nitrogens with zero attached hydrogens (tertiary/aromatic N) is 3. The molecular formula is C15H27N3O2. The van der Waals surface area contributed by atoms with Crippen molar-refractivity contribution in [3.05, 3.63) is 18.2 Å². The van der Waals surface area contributed by atoms with Crippen molar-refractivity contribution < 1.29 is 9.84 Å². The van der Waals surface area contributed by atoms with E-state index in [1.54, 1.807) is 7.11 Å². The summed E-state index contributed by atoms with van der Waals surface area (Å²) in [5, 5.41) is 10.5. The molecule has 0 amide bonds. The summed E-state index contributed by atoms with van der Waals surface area (Å²) in [5.41, 5.74) is -0.690. The molecule has 0 spiro atoms. The lowest BCUT2D eigenvalue weighted by Crippen LogP contribution is -2.55. The van der Waals surface area contributed by atoms with E-state index in [-0.39, 0.29) is 5.41 Å². The monoisotopic (exact) mass is 281 g/mol. The van der Waals surface area contributed by atoms with E-state index in [0.29, 0.717) is 6.61 Å². The molecule has 2 rings (SSSR count). The predicted octanol–water partition coefficient (Wildman–Crippen LogP) is 1.51. The number of imidazole rings is 1. The molecule has 5 heteroatoms. The number of hydrogen-bond donors (Lipinski definition) is 1. The molecule has 1 aromatic rings. The van der Waals surface area contributed by atoms with E-state index in [9.17, 15) is 5.11 Å². The van der Waals surface area contributed by atoms with E-state index < -0.39 is 5.60 Å². The second-order valence-corrected chi connectivity index (χ2v) is 6.65. The summed E-state index contributed by atoms with van der Waals surface area (Å²) in [4.78, 5) is 6.83. The molecule has 0 aliphatic carbocycles. The second kappa shape index (κ2) is 5.84. The van der Waals surface area contributed by atoms with Gasteiger partial charge in [-0.1, -0.05) is 13.8 Å². The van der Waals surface area contributed by atoms with E-state index in [1.165, 1.54) is 0 Å². The topological polar surface area (TPSA) is 50.5 Å². The lowest BCUT2D eigenvalue weighted by molar-refractivity contribution is -0.107. The Morgan fingerprint density at radius 1 is 1.40 bits per heavy atom. The van der Waals surface area contributed by atoms with Gasteiger partial charge in [0, 0.05) is 44.6 Å². The fourth-order valence-corrected chi connectivity index (χ4v) is 2.74. The Morgan fingerprint density at radius 3 is 2.80 bits per heavy atom. The van der Waals surface area contributed by atoms with Gasteiger partial charge in [-0.25, -0.2) is 4.98 Å². The van der Waals surface area contributed by atoms with Crippen molar-refractivity contribution in [2.75, 3.05) is 26.8 Å². The van der Waals surface area contributed by atoms with Crippen LogP contribution in [0.15, 0.2) is 12.4 Å². The first-order valence-corrected chi connectivity index (χ1v) is 7.29. The summed E-state index contributed by atoms with van der Waals surface area (Å²) in [6, 6.07) is 0. The van der Waals surface area contributed by atoms with Crippen LogP contribution in [0.4, 0.5) is 0 Å². The van der Waals surface area contributed by atoms with Crippen LogP contribution in [0.25, 0.3) is 0 Å². The fraction of sp³-hybridized carbons (Fsp3) is 0.800. The number of likely N-dealkylation sites (tertiary alicyclic amines) is 1. The van der Waals surface area contributed by atoms with Gasteiger partial charge in [0.2, 0.25) is 0 Å². The Labute approximate surface area is 121 Å². The zero-order valence-electron chi connectivity index (χ0n) is 13.1. The average molecular weight is 281 g/mol. The highest BCUT2D eigenvalue weighted by molar-refractivity contribution is 4.99. The van der Waals surface area contributed by atoms with Gasteiger partial charge in [0.05, 0.1) is 18.8 Å². The molecule has 0 unspecified atom stereocenters. The van der Waals surface area contributed by atoms with Gasteiger partial charge in [0.25, 0.3) is 0 Å². The minimum Gasteiger partial charge on any atom is -0.390 e. The maximum atomic E-state index is 10.5. The van der Waals surface area contributed by atoms with Crippen molar-refractivity contribution in [1.82, 2.24) is 14.5 Å². The van der Waals surface area contributed by atoms with Crippen LogP contribution < -0.4 is 0 Å². The molecule has 5 nitrogen and oxygen atoms in total. The normalized spacial score (nSPS) is 26.9. The number of ether oxygens (including phenoxy) is 1. The van der Waals surface area contributed by atoms with Crippen LogP contribution in [0.3, 0.4) is 0 Å². The highest BCUT2D eigenvalue weighted by atomic mass is 16.5. The molecule has 0 radical (unpaired) electrons. The Morgan fingerprint density at radius 2 is 2.15 bits per heavy atom. The van der Waals surface area contributed by atoms with Crippen molar-refractivity contribution in [3.8, 4) is 0 Å². The zero-order chi connectivity index (χ0) is 14.8. The van der Waals surface area contributed by atoms with Crippen LogP contribution in [0.5, 0.6) is 0 Å². The first kappa shape index (κ1) is 15.5. The SMILES string of the molecule is COCCn1ccnc1CN1CC[C@](C)(O)C(C)(C)C1. The third kappa shape index (κ3) is 3.22. The predicted molar refractivity (Wildman–Crippen MR) is 78.4 cm³/mol. The van der Waals surface area contributed by atoms with Crippen LogP contribution in [-0.2, 0) is 17.8 Å². The van der Waals surface area contributed by atoms with Crippen LogP contribution >= 0.6 is 0 Å². The first-order chi connectivity index (χ1) is 9.36. The molecule has 1 aliphatic heterocycles. The Bertz CT molecular complexity index is 440.